The van der Waals surface area contributed by atoms with Crippen molar-refractivity contribution in [2.45, 2.75) is 46.0 Å². The fourth-order valence-corrected chi connectivity index (χ4v) is 2.29. The normalized spacial score (nSPS) is 11.9. The second kappa shape index (κ2) is 8.24. The number of nitrogens with zero attached hydrogens (tertiary/aromatic N) is 1. The van der Waals surface area contributed by atoms with Crippen molar-refractivity contribution in [3.8, 4) is 5.75 Å². The Kier molecular flexibility index (Phi) is 6.65. The first kappa shape index (κ1) is 16.9. The molecule has 116 valence electrons. The molecule has 0 aromatic heterocycles. The third-order valence-electron chi connectivity index (χ3n) is 3.50. The van der Waals surface area contributed by atoms with Gasteiger partial charge in [0.05, 0.1) is 4.92 Å². The molecule has 1 aromatic carbocycles. The zero-order valence-electron chi connectivity index (χ0n) is 12.4. The van der Waals surface area contributed by atoms with Gasteiger partial charge in [-0.25, -0.2) is 4.79 Å². The van der Waals surface area contributed by atoms with Crippen molar-refractivity contribution in [1.29, 1.82) is 0 Å². The monoisotopic (exact) mass is 295 g/mol. The quantitative estimate of drug-likeness (QED) is 0.332. The molecule has 0 bridgehead atoms. The van der Waals surface area contributed by atoms with Crippen LogP contribution in [0.3, 0.4) is 0 Å². The molecule has 1 unspecified atom stereocenters. The smallest absolute Gasteiger partial charge is 0.449 e. The number of carbonyl (C=O) groups is 1. The summed E-state index contributed by atoms with van der Waals surface area (Å²) in [6, 6.07) is 4.02. The molecule has 0 aliphatic heterocycles. The molecule has 6 heteroatoms. The lowest BCUT2D eigenvalue weighted by molar-refractivity contribution is -0.384. The lowest BCUT2D eigenvalue weighted by atomic mass is 9.91. The molecule has 0 fully saturated rings. The summed E-state index contributed by atoms with van der Waals surface area (Å²) < 4.78 is 4.72. The van der Waals surface area contributed by atoms with Gasteiger partial charge >= 0.3 is 6.16 Å². The molecule has 0 radical (unpaired) electrons. The maximum atomic E-state index is 10.9. The van der Waals surface area contributed by atoms with Crippen LogP contribution in [0, 0.1) is 16.0 Å². The van der Waals surface area contributed by atoms with Crippen LogP contribution in [0.4, 0.5) is 10.5 Å². The fraction of sp³-hybridized carbons (Fsp3) is 0.533. The molecule has 0 saturated heterocycles. The van der Waals surface area contributed by atoms with E-state index in [1.165, 1.54) is 18.2 Å². The Morgan fingerprint density at radius 1 is 1.43 bits per heavy atom. The van der Waals surface area contributed by atoms with Crippen LogP contribution in [-0.4, -0.2) is 16.2 Å². The first-order chi connectivity index (χ1) is 9.97. The van der Waals surface area contributed by atoms with E-state index < -0.39 is 11.1 Å². The highest BCUT2D eigenvalue weighted by atomic mass is 16.7. The summed E-state index contributed by atoms with van der Waals surface area (Å²) >= 11 is 0. The highest BCUT2D eigenvalue weighted by molar-refractivity contribution is 5.62. The minimum atomic E-state index is -1.41. The van der Waals surface area contributed by atoms with E-state index in [9.17, 15) is 14.9 Å². The standard InChI is InChI=1S/C15H21NO5/c1-3-5-6-11(4-2)9-12-10-13(16(19)20)7-8-14(12)21-15(17)18/h7-8,10-11H,3-6,9H2,1-2H3,(H,17,18). The van der Waals surface area contributed by atoms with Gasteiger partial charge in [-0.15, -0.1) is 0 Å². The van der Waals surface area contributed by atoms with Crippen molar-refractivity contribution in [2.24, 2.45) is 5.92 Å². The average Bonchev–Trinajstić information content (AvgIpc) is 2.44. The van der Waals surface area contributed by atoms with Crippen molar-refractivity contribution in [3.05, 3.63) is 33.9 Å². The Morgan fingerprint density at radius 2 is 2.14 bits per heavy atom. The number of carboxylic acid groups (broad SMARTS) is 1. The topological polar surface area (TPSA) is 89.7 Å². The number of nitro benzene ring substituents is 1. The number of non-ortho nitro benzene ring substituents is 1. The van der Waals surface area contributed by atoms with E-state index >= 15 is 0 Å². The molecule has 0 amide bonds. The molecular weight excluding hydrogens is 274 g/mol. The van der Waals surface area contributed by atoms with Crippen LogP contribution in [0.1, 0.15) is 45.1 Å². The Hall–Kier alpha value is -2.11. The van der Waals surface area contributed by atoms with E-state index in [0.717, 1.165) is 25.7 Å². The molecular formula is C15H21NO5. The average molecular weight is 295 g/mol. The molecule has 1 N–H and O–H groups in total. The van der Waals surface area contributed by atoms with E-state index in [1.54, 1.807) is 0 Å². The molecule has 0 aliphatic carbocycles. The van der Waals surface area contributed by atoms with Crippen molar-refractivity contribution in [2.75, 3.05) is 0 Å². The second-order valence-corrected chi connectivity index (χ2v) is 5.04. The lowest BCUT2D eigenvalue weighted by Crippen LogP contribution is -2.09. The maximum Gasteiger partial charge on any atom is 0.511 e. The highest BCUT2D eigenvalue weighted by Gasteiger charge is 2.17. The molecule has 6 nitrogen and oxygen atoms in total. The summed E-state index contributed by atoms with van der Waals surface area (Å²) in [7, 11) is 0. The van der Waals surface area contributed by atoms with Crippen molar-refractivity contribution >= 4 is 11.8 Å². The molecule has 1 aromatic rings. The maximum absolute atomic E-state index is 10.9. The van der Waals surface area contributed by atoms with Crippen LogP contribution in [-0.2, 0) is 6.42 Å². The first-order valence-electron chi connectivity index (χ1n) is 7.16. The first-order valence-corrected chi connectivity index (χ1v) is 7.16. The molecule has 0 heterocycles. The summed E-state index contributed by atoms with van der Waals surface area (Å²) in [6.45, 7) is 4.18. The van der Waals surface area contributed by atoms with Crippen LogP contribution in [0.25, 0.3) is 0 Å². The van der Waals surface area contributed by atoms with Crippen molar-refractivity contribution in [1.82, 2.24) is 0 Å². The predicted molar refractivity (Wildman–Crippen MR) is 78.8 cm³/mol. The van der Waals surface area contributed by atoms with Crippen LogP contribution < -0.4 is 4.74 Å². The van der Waals surface area contributed by atoms with Gasteiger partial charge in [0, 0.05) is 17.7 Å². The number of rotatable bonds is 8. The lowest BCUT2D eigenvalue weighted by Gasteiger charge is -2.16. The van der Waals surface area contributed by atoms with E-state index in [-0.39, 0.29) is 11.4 Å². The number of benzene rings is 1. The van der Waals surface area contributed by atoms with E-state index in [4.69, 9.17) is 9.84 Å². The zero-order valence-corrected chi connectivity index (χ0v) is 12.4. The van der Waals surface area contributed by atoms with Gasteiger partial charge in [0.25, 0.3) is 5.69 Å². The van der Waals surface area contributed by atoms with Crippen LogP contribution >= 0.6 is 0 Å². The highest BCUT2D eigenvalue weighted by Crippen LogP contribution is 2.29. The number of nitro groups is 1. The molecule has 1 rings (SSSR count). The van der Waals surface area contributed by atoms with Gasteiger partial charge in [-0.05, 0) is 18.4 Å². The van der Waals surface area contributed by atoms with Gasteiger partial charge < -0.3 is 9.84 Å². The summed E-state index contributed by atoms with van der Waals surface area (Å²) in [5.41, 5.74) is 0.530. The Bertz CT molecular complexity index is 501. The molecule has 0 spiro atoms. The van der Waals surface area contributed by atoms with Gasteiger partial charge in [0.15, 0.2) is 0 Å². The SMILES string of the molecule is CCCCC(CC)Cc1cc([N+](=O)[O-])ccc1OC(=O)O. The van der Waals surface area contributed by atoms with E-state index in [0.29, 0.717) is 17.9 Å². The fourth-order valence-electron chi connectivity index (χ4n) is 2.29. The number of hydrogen-bond donors (Lipinski definition) is 1. The van der Waals surface area contributed by atoms with E-state index in [1.807, 2.05) is 0 Å². The third kappa shape index (κ3) is 5.41. The largest absolute Gasteiger partial charge is 0.511 e. The number of ether oxygens (including phenoxy) is 1. The summed E-state index contributed by atoms with van der Waals surface area (Å²) in [5, 5.41) is 19.6. The zero-order chi connectivity index (χ0) is 15.8. The van der Waals surface area contributed by atoms with E-state index in [2.05, 4.69) is 13.8 Å². The van der Waals surface area contributed by atoms with Gasteiger partial charge in [0.1, 0.15) is 5.75 Å². The number of hydrogen-bond acceptors (Lipinski definition) is 4. The predicted octanol–water partition coefficient (Wildman–Crippen LogP) is 4.41. The van der Waals surface area contributed by atoms with Gasteiger partial charge in [-0.1, -0.05) is 39.5 Å². The van der Waals surface area contributed by atoms with Crippen LogP contribution in [0.5, 0.6) is 5.75 Å². The van der Waals surface area contributed by atoms with Crippen LogP contribution in [0.2, 0.25) is 0 Å². The molecule has 0 aliphatic rings. The summed E-state index contributed by atoms with van der Waals surface area (Å²) in [6.07, 6.45) is 3.30. The molecule has 21 heavy (non-hydrogen) atoms. The summed E-state index contributed by atoms with van der Waals surface area (Å²) in [4.78, 5) is 21.1. The van der Waals surface area contributed by atoms with Crippen molar-refractivity contribution < 1.29 is 19.6 Å². The minimum absolute atomic E-state index is 0.0481. The van der Waals surface area contributed by atoms with Gasteiger partial charge in [-0.2, -0.15) is 0 Å². The Morgan fingerprint density at radius 3 is 2.67 bits per heavy atom. The number of unbranched alkanes of at least 4 members (excludes halogenated alkanes) is 1. The van der Waals surface area contributed by atoms with Crippen molar-refractivity contribution in [3.63, 3.8) is 0 Å². The van der Waals surface area contributed by atoms with Gasteiger partial charge in [-0.3, -0.25) is 10.1 Å². The summed E-state index contributed by atoms with van der Waals surface area (Å²) in [5.74, 6) is 0.547. The van der Waals surface area contributed by atoms with Crippen LogP contribution in [0.15, 0.2) is 18.2 Å². The Balaban J connectivity index is 3.00. The molecule has 1 atom stereocenters. The minimum Gasteiger partial charge on any atom is -0.449 e. The Labute approximate surface area is 123 Å². The molecule has 0 saturated carbocycles. The third-order valence-corrected chi connectivity index (χ3v) is 3.50. The van der Waals surface area contributed by atoms with Gasteiger partial charge in [0.2, 0.25) is 0 Å². The second-order valence-electron chi connectivity index (χ2n) is 5.04.